The van der Waals surface area contributed by atoms with Gasteiger partial charge in [0.15, 0.2) is 0 Å². The molecular weight excluding hydrogens is 356 g/mol. The highest BCUT2D eigenvalue weighted by Gasteiger charge is 2.16. The van der Waals surface area contributed by atoms with Gasteiger partial charge in [0.1, 0.15) is 11.5 Å². The van der Waals surface area contributed by atoms with E-state index in [0.29, 0.717) is 17.9 Å². The van der Waals surface area contributed by atoms with Crippen molar-refractivity contribution in [2.24, 2.45) is 0 Å². The topological polar surface area (TPSA) is 110 Å². The average molecular weight is 374 g/mol. The third kappa shape index (κ3) is 4.44. The number of nitrogens with one attached hydrogen (secondary N) is 1. The Morgan fingerprint density at radius 2 is 2.23 bits per heavy atom. The van der Waals surface area contributed by atoms with E-state index in [-0.39, 0.29) is 13.2 Å². The van der Waals surface area contributed by atoms with Crippen molar-refractivity contribution >= 4 is 17.4 Å². The van der Waals surface area contributed by atoms with Gasteiger partial charge >= 0.3 is 6.09 Å². The maximum atomic E-state index is 11.5. The second-order valence-corrected chi connectivity index (χ2v) is 6.47. The summed E-state index contributed by atoms with van der Waals surface area (Å²) in [6.45, 7) is 1.88. The molecule has 1 amide bonds. The van der Waals surface area contributed by atoms with Crippen LogP contribution in [-0.4, -0.2) is 39.5 Å². The normalized spacial score (nSPS) is 10.7. The van der Waals surface area contributed by atoms with Gasteiger partial charge in [-0.25, -0.2) is 9.78 Å². The summed E-state index contributed by atoms with van der Waals surface area (Å²) >= 11 is 1.30. The van der Waals surface area contributed by atoms with Gasteiger partial charge in [-0.3, -0.25) is 4.98 Å². The molecule has 8 nitrogen and oxygen atoms in total. The van der Waals surface area contributed by atoms with Gasteiger partial charge in [0.25, 0.3) is 0 Å². The number of thiazole rings is 1. The Labute approximate surface area is 153 Å². The Balaban J connectivity index is 1.64. The quantitative estimate of drug-likeness (QED) is 0.653. The van der Waals surface area contributed by atoms with E-state index in [1.807, 2.05) is 25.1 Å². The SMILES string of the molecule is Cc1onc(-c2ccccn2)c1CCc1ncc(OC(=O)NCCO)s1. The number of aliphatic hydroxyl groups is 1. The van der Waals surface area contributed by atoms with Gasteiger partial charge in [0.2, 0.25) is 5.06 Å². The van der Waals surface area contributed by atoms with Crippen molar-refractivity contribution in [2.45, 2.75) is 19.8 Å². The molecule has 0 spiro atoms. The fourth-order valence-corrected chi connectivity index (χ4v) is 3.13. The molecule has 0 aliphatic heterocycles. The van der Waals surface area contributed by atoms with Crippen molar-refractivity contribution in [3.05, 3.63) is 46.9 Å². The van der Waals surface area contributed by atoms with E-state index < -0.39 is 6.09 Å². The summed E-state index contributed by atoms with van der Waals surface area (Å²) in [4.78, 5) is 20.1. The number of amides is 1. The van der Waals surface area contributed by atoms with E-state index in [4.69, 9.17) is 14.4 Å². The Morgan fingerprint density at radius 1 is 1.35 bits per heavy atom. The summed E-state index contributed by atoms with van der Waals surface area (Å²) in [5.41, 5.74) is 2.49. The lowest BCUT2D eigenvalue weighted by molar-refractivity contribution is 0.197. The maximum absolute atomic E-state index is 11.5. The molecular formula is C17H18N4O4S. The number of carbonyl (C=O) groups is 1. The number of hydrogen-bond acceptors (Lipinski definition) is 8. The van der Waals surface area contributed by atoms with E-state index in [9.17, 15) is 4.79 Å². The zero-order valence-corrected chi connectivity index (χ0v) is 15.0. The van der Waals surface area contributed by atoms with Crippen molar-refractivity contribution in [3.8, 4) is 16.5 Å². The van der Waals surface area contributed by atoms with Crippen molar-refractivity contribution < 1.29 is 19.2 Å². The molecule has 0 radical (unpaired) electrons. The van der Waals surface area contributed by atoms with Crippen LogP contribution in [0.25, 0.3) is 11.4 Å². The molecule has 0 aliphatic carbocycles. The minimum atomic E-state index is -0.610. The second kappa shape index (κ2) is 8.54. The monoisotopic (exact) mass is 374 g/mol. The van der Waals surface area contributed by atoms with Gasteiger partial charge in [0.05, 0.1) is 23.5 Å². The predicted octanol–water partition coefficient (Wildman–Crippen LogP) is 2.37. The van der Waals surface area contributed by atoms with Gasteiger partial charge < -0.3 is 19.7 Å². The lowest BCUT2D eigenvalue weighted by Gasteiger charge is -2.02. The first-order chi connectivity index (χ1) is 12.7. The number of hydrogen-bond donors (Lipinski definition) is 2. The van der Waals surface area contributed by atoms with Crippen LogP contribution in [0.4, 0.5) is 4.79 Å². The highest BCUT2D eigenvalue weighted by atomic mass is 32.1. The molecule has 0 bridgehead atoms. The molecule has 3 aromatic heterocycles. The van der Waals surface area contributed by atoms with E-state index >= 15 is 0 Å². The summed E-state index contributed by atoms with van der Waals surface area (Å²) in [7, 11) is 0. The number of rotatable bonds is 7. The Bertz CT molecular complexity index is 863. The van der Waals surface area contributed by atoms with Crippen molar-refractivity contribution in [1.29, 1.82) is 0 Å². The standard InChI is InChI=1S/C17H18N4O4S/c1-11-12(16(21-25-11)13-4-2-3-7-18-13)5-6-14-20-10-15(26-14)24-17(23)19-8-9-22/h2-4,7,10,22H,5-6,8-9H2,1H3,(H,19,23). The summed E-state index contributed by atoms with van der Waals surface area (Å²) in [5, 5.41) is 16.5. The van der Waals surface area contributed by atoms with E-state index in [2.05, 4.69) is 20.4 Å². The number of nitrogens with zero attached hydrogens (tertiary/aromatic N) is 3. The van der Waals surface area contributed by atoms with Crippen LogP contribution >= 0.6 is 11.3 Å². The van der Waals surface area contributed by atoms with Gasteiger partial charge in [-0.05, 0) is 25.5 Å². The van der Waals surface area contributed by atoms with Gasteiger partial charge in [-0.2, -0.15) is 0 Å². The molecule has 0 aromatic carbocycles. The van der Waals surface area contributed by atoms with Crippen LogP contribution in [0.1, 0.15) is 16.3 Å². The first-order valence-electron chi connectivity index (χ1n) is 8.05. The molecule has 26 heavy (non-hydrogen) atoms. The third-order valence-electron chi connectivity index (χ3n) is 3.59. The Morgan fingerprint density at radius 3 is 3.00 bits per heavy atom. The van der Waals surface area contributed by atoms with Crippen LogP contribution in [0.15, 0.2) is 35.1 Å². The zero-order chi connectivity index (χ0) is 18.4. The zero-order valence-electron chi connectivity index (χ0n) is 14.1. The predicted molar refractivity (Wildman–Crippen MR) is 95.1 cm³/mol. The summed E-state index contributed by atoms with van der Waals surface area (Å²) in [6, 6.07) is 5.65. The average Bonchev–Trinajstić information content (AvgIpc) is 3.25. The molecule has 0 unspecified atom stereocenters. The third-order valence-corrected chi connectivity index (χ3v) is 4.52. The molecule has 0 atom stereocenters. The van der Waals surface area contributed by atoms with Crippen LogP contribution in [-0.2, 0) is 12.8 Å². The number of carbonyl (C=O) groups excluding carboxylic acids is 1. The number of aromatic nitrogens is 3. The highest BCUT2D eigenvalue weighted by molar-refractivity contribution is 7.13. The van der Waals surface area contributed by atoms with Crippen LogP contribution in [0.2, 0.25) is 0 Å². The molecule has 0 saturated heterocycles. The Kier molecular flexibility index (Phi) is 5.92. The molecule has 0 fully saturated rings. The van der Waals surface area contributed by atoms with E-state index in [0.717, 1.165) is 27.7 Å². The minimum Gasteiger partial charge on any atom is -0.397 e. The molecule has 3 aromatic rings. The summed E-state index contributed by atoms with van der Waals surface area (Å²) in [5.74, 6) is 0.752. The second-order valence-electron chi connectivity index (χ2n) is 5.39. The smallest absolute Gasteiger partial charge is 0.397 e. The first kappa shape index (κ1) is 18.0. The van der Waals surface area contributed by atoms with Gasteiger partial charge in [-0.15, -0.1) is 0 Å². The number of aliphatic hydroxyl groups excluding tert-OH is 1. The maximum Gasteiger partial charge on any atom is 0.413 e. The fourth-order valence-electron chi connectivity index (χ4n) is 2.36. The van der Waals surface area contributed by atoms with Crippen molar-refractivity contribution in [1.82, 2.24) is 20.4 Å². The fraction of sp³-hybridized carbons (Fsp3) is 0.294. The Hall–Kier alpha value is -2.78. The molecule has 3 heterocycles. The first-order valence-corrected chi connectivity index (χ1v) is 8.87. The number of aryl methyl sites for hydroxylation is 2. The summed E-state index contributed by atoms with van der Waals surface area (Å²) in [6.07, 6.45) is 3.97. The lowest BCUT2D eigenvalue weighted by atomic mass is 10.1. The van der Waals surface area contributed by atoms with Gasteiger partial charge in [-0.1, -0.05) is 22.6 Å². The van der Waals surface area contributed by atoms with Gasteiger partial charge in [0, 0.05) is 24.7 Å². The van der Waals surface area contributed by atoms with Crippen LogP contribution in [0.5, 0.6) is 5.06 Å². The molecule has 0 aliphatic rings. The van der Waals surface area contributed by atoms with E-state index in [1.165, 1.54) is 17.5 Å². The van der Waals surface area contributed by atoms with E-state index in [1.54, 1.807) is 6.20 Å². The summed E-state index contributed by atoms with van der Waals surface area (Å²) < 4.78 is 10.4. The molecule has 136 valence electrons. The molecule has 2 N–H and O–H groups in total. The van der Waals surface area contributed by atoms with Crippen molar-refractivity contribution in [2.75, 3.05) is 13.2 Å². The van der Waals surface area contributed by atoms with Crippen LogP contribution < -0.4 is 10.1 Å². The molecule has 0 saturated carbocycles. The minimum absolute atomic E-state index is 0.139. The van der Waals surface area contributed by atoms with Crippen molar-refractivity contribution in [3.63, 3.8) is 0 Å². The lowest BCUT2D eigenvalue weighted by Crippen LogP contribution is -2.29. The molecule has 3 rings (SSSR count). The highest BCUT2D eigenvalue weighted by Crippen LogP contribution is 2.27. The van der Waals surface area contributed by atoms with Crippen LogP contribution in [0, 0.1) is 6.92 Å². The number of ether oxygens (including phenoxy) is 1. The molecule has 9 heteroatoms. The largest absolute Gasteiger partial charge is 0.413 e. The number of pyridine rings is 1. The van der Waals surface area contributed by atoms with Crippen LogP contribution in [0.3, 0.4) is 0 Å².